The fourth-order valence-corrected chi connectivity index (χ4v) is 1.72. The molecule has 0 unspecified atom stereocenters. The SMILES string of the molecule is CCNC(=O)c1ccc(Oc2ccc(F)cc2F)c(N)c1. The van der Waals surface area contributed by atoms with Crippen molar-refractivity contribution in [1.29, 1.82) is 0 Å². The maximum Gasteiger partial charge on any atom is 0.251 e. The third kappa shape index (κ3) is 3.47. The number of hydrogen-bond donors (Lipinski definition) is 2. The van der Waals surface area contributed by atoms with E-state index in [4.69, 9.17) is 10.5 Å². The van der Waals surface area contributed by atoms with Gasteiger partial charge < -0.3 is 15.8 Å². The Morgan fingerprint density at radius 1 is 1.19 bits per heavy atom. The Bertz CT molecular complexity index is 675. The highest BCUT2D eigenvalue weighted by Gasteiger charge is 2.11. The van der Waals surface area contributed by atoms with Gasteiger partial charge in [-0.15, -0.1) is 0 Å². The molecule has 4 nitrogen and oxygen atoms in total. The predicted octanol–water partition coefficient (Wildman–Crippen LogP) is 3.09. The van der Waals surface area contributed by atoms with Crippen LogP contribution >= 0.6 is 0 Å². The Kier molecular flexibility index (Phi) is 4.37. The Morgan fingerprint density at radius 3 is 2.52 bits per heavy atom. The number of anilines is 1. The van der Waals surface area contributed by atoms with Gasteiger partial charge in [0, 0.05) is 18.2 Å². The van der Waals surface area contributed by atoms with Gasteiger partial charge >= 0.3 is 0 Å². The molecule has 0 atom stereocenters. The number of hydrogen-bond acceptors (Lipinski definition) is 3. The molecule has 0 fully saturated rings. The molecule has 0 saturated carbocycles. The van der Waals surface area contributed by atoms with Crippen molar-refractivity contribution < 1.29 is 18.3 Å². The Labute approximate surface area is 120 Å². The number of nitrogens with two attached hydrogens (primary N) is 1. The van der Waals surface area contributed by atoms with Crippen molar-refractivity contribution in [1.82, 2.24) is 5.32 Å². The Balaban J connectivity index is 2.23. The third-order valence-electron chi connectivity index (χ3n) is 2.72. The smallest absolute Gasteiger partial charge is 0.251 e. The molecule has 0 aromatic heterocycles. The lowest BCUT2D eigenvalue weighted by Crippen LogP contribution is -2.22. The van der Waals surface area contributed by atoms with Gasteiger partial charge in [-0.05, 0) is 37.3 Å². The molecule has 0 spiro atoms. The van der Waals surface area contributed by atoms with Crippen molar-refractivity contribution in [2.75, 3.05) is 12.3 Å². The number of carbonyl (C=O) groups excluding carboxylic acids is 1. The molecule has 2 aromatic rings. The maximum atomic E-state index is 13.5. The molecular weight excluding hydrogens is 278 g/mol. The number of rotatable bonds is 4. The Hall–Kier alpha value is -2.63. The van der Waals surface area contributed by atoms with Gasteiger partial charge in [-0.2, -0.15) is 0 Å². The lowest BCUT2D eigenvalue weighted by atomic mass is 10.1. The van der Waals surface area contributed by atoms with Crippen LogP contribution in [0.4, 0.5) is 14.5 Å². The molecule has 0 aliphatic rings. The summed E-state index contributed by atoms with van der Waals surface area (Å²) in [5.74, 6) is -1.74. The number of nitrogen functional groups attached to an aromatic ring is 1. The van der Waals surface area contributed by atoms with Gasteiger partial charge in [0.25, 0.3) is 5.91 Å². The van der Waals surface area contributed by atoms with Crippen molar-refractivity contribution in [3.05, 3.63) is 53.6 Å². The molecule has 110 valence electrons. The van der Waals surface area contributed by atoms with Crippen molar-refractivity contribution in [3.8, 4) is 11.5 Å². The molecule has 2 rings (SSSR count). The zero-order valence-electron chi connectivity index (χ0n) is 11.3. The largest absolute Gasteiger partial charge is 0.452 e. The van der Waals surface area contributed by atoms with Gasteiger partial charge in [0.15, 0.2) is 17.3 Å². The molecule has 0 heterocycles. The molecule has 0 bridgehead atoms. The summed E-state index contributed by atoms with van der Waals surface area (Å²) < 4.78 is 31.6. The van der Waals surface area contributed by atoms with Gasteiger partial charge in [0.05, 0.1) is 5.69 Å². The first-order valence-electron chi connectivity index (χ1n) is 6.32. The van der Waals surface area contributed by atoms with Crippen LogP contribution < -0.4 is 15.8 Å². The molecule has 2 aromatic carbocycles. The molecular formula is C15H14F2N2O2. The first kappa shape index (κ1) is 14.8. The summed E-state index contributed by atoms with van der Waals surface area (Å²) in [5.41, 5.74) is 6.34. The zero-order chi connectivity index (χ0) is 15.4. The highest BCUT2D eigenvalue weighted by molar-refractivity contribution is 5.95. The second-order valence-corrected chi connectivity index (χ2v) is 4.29. The van der Waals surface area contributed by atoms with E-state index in [0.29, 0.717) is 18.2 Å². The Morgan fingerprint density at radius 2 is 1.90 bits per heavy atom. The zero-order valence-corrected chi connectivity index (χ0v) is 11.3. The van der Waals surface area contributed by atoms with Crippen molar-refractivity contribution in [3.63, 3.8) is 0 Å². The minimum absolute atomic E-state index is 0.145. The molecule has 1 amide bonds. The van der Waals surface area contributed by atoms with Gasteiger partial charge in [-0.25, -0.2) is 8.78 Å². The van der Waals surface area contributed by atoms with Gasteiger partial charge in [0.1, 0.15) is 5.82 Å². The number of benzene rings is 2. The standard InChI is InChI=1S/C15H14F2N2O2/c1-2-19-15(20)9-3-5-14(12(18)7-9)21-13-6-4-10(16)8-11(13)17/h3-8H,2,18H2,1H3,(H,19,20). The van der Waals surface area contributed by atoms with Gasteiger partial charge in [0.2, 0.25) is 0 Å². The fraction of sp³-hybridized carbons (Fsp3) is 0.133. The van der Waals surface area contributed by atoms with Crippen molar-refractivity contribution >= 4 is 11.6 Å². The second kappa shape index (κ2) is 6.21. The summed E-state index contributed by atoms with van der Waals surface area (Å²) in [6.45, 7) is 2.30. The lowest BCUT2D eigenvalue weighted by Gasteiger charge is -2.10. The molecule has 21 heavy (non-hydrogen) atoms. The summed E-state index contributed by atoms with van der Waals surface area (Å²) in [6.07, 6.45) is 0. The normalized spacial score (nSPS) is 10.2. The average molecular weight is 292 g/mol. The van der Waals surface area contributed by atoms with Crippen LogP contribution in [0.5, 0.6) is 11.5 Å². The van der Waals surface area contributed by atoms with E-state index in [-0.39, 0.29) is 23.1 Å². The van der Waals surface area contributed by atoms with E-state index in [0.717, 1.165) is 6.07 Å². The van der Waals surface area contributed by atoms with E-state index >= 15 is 0 Å². The van der Waals surface area contributed by atoms with Crippen LogP contribution in [0, 0.1) is 11.6 Å². The summed E-state index contributed by atoms with van der Waals surface area (Å²) in [6, 6.07) is 7.37. The number of halogens is 2. The number of amides is 1. The van der Waals surface area contributed by atoms with E-state index in [1.54, 1.807) is 6.92 Å². The van der Waals surface area contributed by atoms with Crippen LogP contribution in [0.1, 0.15) is 17.3 Å². The molecule has 0 aliphatic carbocycles. The quantitative estimate of drug-likeness (QED) is 0.851. The van der Waals surface area contributed by atoms with Crippen LogP contribution in [0.2, 0.25) is 0 Å². The predicted molar refractivity (Wildman–Crippen MR) is 75.3 cm³/mol. The van der Waals surface area contributed by atoms with Crippen LogP contribution in [0.3, 0.4) is 0 Å². The topological polar surface area (TPSA) is 64.3 Å². The van der Waals surface area contributed by atoms with E-state index < -0.39 is 11.6 Å². The van der Waals surface area contributed by atoms with Crippen LogP contribution in [0.25, 0.3) is 0 Å². The van der Waals surface area contributed by atoms with Crippen LogP contribution in [-0.2, 0) is 0 Å². The highest BCUT2D eigenvalue weighted by Crippen LogP contribution is 2.30. The van der Waals surface area contributed by atoms with E-state index in [9.17, 15) is 13.6 Å². The van der Waals surface area contributed by atoms with E-state index in [2.05, 4.69) is 5.32 Å². The summed E-state index contributed by atoms with van der Waals surface area (Å²) in [7, 11) is 0. The number of ether oxygens (including phenoxy) is 1. The average Bonchev–Trinajstić information content (AvgIpc) is 2.44. The van der Waals surface area contributed by atoms with Crippen molar-refractivity contribution in [2.45, 2.75) is 6.92 Å². The first-order valence-corrected chi connectivity index (χ1v) is 6.32. The van der Waals surface area contributed by atoms with E-state index in [1.165, 1.54) is 24.3 Å². The summed E-state index contributed by atoms with van der Waals surface area (Å²) >= 11 is 0. The van der Waals surface area contributed by atoms with E-state index in [1.807, 2.05) is 0 Å². The number of carbonyl (C=O) groups is 1. The van der Waals surface area contributed by atoms with Crippen LogP contribution in [-0.4, -0.2) is 12.5 Å². The fourth-order valence-electron chi connectivity index (χ4n) is 1.72. The minimum Gasteiger partial charge on any atom is -0.452 e. The molecule has 0 radical (unpaired) electrons. The van der Waals surface area contributed by atoms with Crippen molar-refractivity contribution in [2.24, 2.45) is 0 Å². The molecule has 6 heteroatoms. The molecule has 0 aliphatic heterocycles. The number of nitrogens with one attached hydrogen (secondary N) is 1. The molecule has 0 saturated heterocycles. The maximum absolute atomic E-state index is 13.5. The third-order valence-corrected chi connectivity index (χ3v) is 2.72. The first-order chi connectivity index (χ1) is 10.0. The van der Waals surface area contributed by atoms with Crippen LogP contribution in [0.15, 0.2) is 36.4 Å². The molecule has 3 N–H and O–H groups in total. The summed E-state index contributed by atoms with van der Waals surface area (Å²) in [5, 5.41) is 2.64. The summed E-state index contributed by atoms with van der Waals surface area (Å²) in [4.78, 5) is 11.6. The lowest BCUT2D eigenvalue weighted by molar-refractivity contribution is 0.0956. The van der Waals surface area contributed by atoms with Gasteiger partial charge in [-0.1, -0.05) is 0 Å². The monoisotopic (exact) mass is 292 g/mol. The second-order valence-electron chi connectivity index (χ2n) is 4.29. The minimum atomic E-state index is -0.831. The highest BCUT2D eigenvalue weighted by atomic mass is 19.1. The van der Waals surface area contributed by atoms with Gasteiger partial charge in [-0.3, -0.25) is 4.79 Å².